The number of rotatable bonds is 6. The molecule has 1 heterocycles. The molecule has 1 aromatic carbocycles. The van der Waals surface area contributed by atoms with Crippen molar-refractivity contribution in [2.75, 3.05) is 12.4 Å². The van der Waals surface area contributed by atoms with Gasteiger partial charge in [-0.1, -0.05) is 35.3 Å². The summed E-state index contributed by atoms with van der Waals surface area (Å²) in [5.74, 6) is -0.160. The molecule has 2 aromatic rings. The number of anilines is 1. The first-order valence-electron chi connectivity index (χ1n) is 6.99. The van der Waals surface area contributed by atoms with Crippen LogP contribution < -0.4 is 15.4 Å². The summed E-state index contributed by atoms with van der Waals surface area (Å²) in [6.45, 7) is 0.319. The van der Waals surface area contributed by atoms with Crippen molar-refractivity contribution in [1.29, 1.82) is 0 Å². The lowest BCUT2D eigenvalue weighted by Crippen LogP contribution is -2.27. The number of carbonyl (C=O) groups is 2. The zero-order valence-electron chi connectivity index (χ0n) is 12.8. The molecule has 0 bridgehead atoms. The van der Waals surface area contributed by atoms with Gasteiger partial charge in [-0.05, 0) is 29.8 Å². The lowest BCUT2D eigenvalue weighted by Gasteiger charge is -2.08. The number of benzene rings is 1. The predicted octanol–water partition coefficient (Wildman–Crippen LogP) is 3.04. The van der Waals surface area contributed by atoms with E-state index in [4.69, 9.17) is 27.9 Å². The van der Waals surface area contributed by atoms with Gasteiger partial charge < -0.3 is 15.4 Å². The Hall–Kier alpha value is -2.31. The third kappa shape index (κ3) is 5.40. The number of pyridine rings is 1. The van der Waals surface area contributed by atoms with Gasteiger partial charge in [-0.25, -0.2) is 4.98 Å². The van der Waals surface area contributed by atoms with Crippen LogP contribution in [0.5, 0.6) is 5.75 Å². The SMILES string of the molecule is COc1ccc(CNC(=O)CC(=O)Nc2ccc(Cl)nc2Cl)cc1. The summed E-state index contributed by atoms with van der Waals surface area (Å²) in [6, 6.07) is 10.3. The molecule has 0 atom stereocenters. The standard InChI is InChI=1S/C16H15Cl2N3O3/c1-24-11-4-2-10(3-5-11)9-19-14(22)8-15(23)20-12-6-7-13(17)21-16(12)18/h2-7H,8-9H2,1H3,(H,19,22)(H,20,23). The van der Waals surface area contributed by atoms with Gasteiger partial charge >= 0.3 is 0 Å². The Kier molecular flexibility index (Phi) is 6.40. The topological polar surface area (TPSA) is 80.3 Å². The second kappa shape index (κ2) is 8.52. The van der Waals surface area contributed by atoms with Crippen LogP contribution >= 0.6 is 23.2 Å². The van der Waals surface area contributed by atoms with E-state index < -0.39 is 11.8 Å². The molecule has 0 aliphatic carbocycles. The van der Waals surface area contributed by atoms with Crippen LogP contribution in [0.4, 0.5) is 5.69 Å². The summed E-state index contributed by atoms with van der Waals surface area (Å²) < 4.78 is 5.06. The van der Waals surface area contributed by atoms with Gasteiger partial charge in [0, 0.05) is 6.54 Å². The van der Waals surface area contributed by atoms with Gasteiger partial charge in [0.15, 0.2) is 5.15 Å². The fraction of sp³-hybridized carbons (Fsp3) is 0.188. The van der Waals surface area contributed by atoms with Gasteiger partial charge in [-0.2, -0.15) is 0 Å². The van der Waals surface area contributed by atoms with E-state index in [1.54, 1.807) is 19.2 Å². The Labute approximate surface area is 149 Å². The first kappa shape index (κ1) is 18.0. The number of carbonyl (C=O) groups excluding carboxylic acids is 2. The summed E-state index contributed by atoms with van der Waals surface area (Å²) in [5, 5.41) is 5.46. The molecule has 0 aliphatic rings. The van der Waals surface area contributed by atoms with Gasteiger partial charge in [0.25, 0.3) is 0 Å². The Balaban J connectivity index is 1.81. The monoisotopic (exact) mass is 367 g/mol. The quantitative estimate of drug-likeness (QED) is 0.607. The van der Waals surface area contributed by atoms with Crippen molar-refractivity contribution in [3.05, 3.63) is 52.3 Å². The van der Waals surface area contributed by atoms with Crippen molar-refractivity contribution in [2.45, 2.75) is 13.0 Å². The third-order valence-electron chi connectivity index (χ3n) is 3.06. The summed E-state index contributed by atoms with van der Waals surface area (Å²) >= 11 is 11.5. The van der Waals surface area contributed by atoms with Crippen LogP contribution in [0.3, 0.4) is 0 Å². The largest absolute Gasteiger partial charge is 0.497 e. The first-order chi connectivity index (χ1) is 11.5. The molecule has 0 spiro atoms. The summed E-state index contributed by atoms with van der Waals surface area (Å²) in [7, 11) is 1.58. The number of amides is 2. The van der Waals surface area contributed by atoms with E-state index in [-0.39, 0.29) is 16.7 Å². The van der Waals surface area contributed by atoms with Gasteiger partial charge in [0.05, 0.1) is 12.8 Å². The van der Waals surface area contributed by atoms with Crippen LogP contribution in [0, 0.1) is 0 Å². The van der Waals surface area contributed by atoms with Crippen LogP contribution in [-0.2, 0) is 16.1 Å². The summed E-state index contributed by atoms with van der Waals surface area (Å²) in [6.07, 6.45) is -0.324. The van der Waals surface area contributed by atoms with E-state index >= 15 is 0 Å². The molecule has 2 N–H and O–H groups in total. The molecule has 0 radical (unpaired) electrons. The fourth-order valence-electron chi connectivity index (χ4n) is 1.85. The minimum Gasteiger partial charge on any atom is -0.497 e. The lowest BCUT2D eigenvalue weighted by molar-refractivity contribution is -0.126. The van der Waals surface area contributed by atoms with Gasteiger partial charge in [-0.3, -0.25) is 9.59 Å². The highest BCUT2D eigenvalue weighted by Gasteiger charge is 2.12. The van der Waals surface area contributed by atoms with Gasteiger partial charge in [0.2, 0.25) is 11.8 Å². The fourth-order valence-corrected chi connectivity index (χ4v) is 2.24. The molecule has 0 saturated carbocycles. The number of aromatic nitrogens is 1. The molecule has 0 fully saturated rings. The highest BCUT2D eigenvalue weighted by atomic mass is 35.5. The Morgan fingerprint density at radius 3 is 2.42 bits per heavy atom. The minimum atomic E-state index is -0.492. The first-order valence-corrected chi connectivity index (χ1v) is 7.75. The number of halogens is 2. The van der Waals surface area contributed by atoms with E-state index in [0.29, 0.717) is 12.2 Å². The lowest BCUT2D eigenvalue weighted by atomic mass is 10.2. The summed E-state index contributed by atoms with van der Waals surface area (Å²) in [4.78, 5) is 27.5. The van der Waals surface area contributed by atoms with E-state index in [1.165, 1.54) is 12.1 Å². The van der Waals surface area contributed by atoms with Crippen molar-refractivity contribution < 1.29 is 14.3 Å². The highest BCUT2D eigenvalue weighted by Crippen LogP contribution is 2.21. The Bertz CT molecular complexity index is 736. The van der Waals surface area contributed by atoms with Crippen molar-refractivity contribution in [2.24, 2.45) is 0 Å². The Morgan fingerprint density at radius 1 is 1.08 bits per heavy atom. The second-order valence-corrected chi connectivity index (χ2v) is 5.57. The Morgan fingerprint density at radius 2 is 1.79 bits per heavy atom. The second-order valence-electron chi connectivity index (χ2n) is 4.82. The average Bonchev–Trinajstić information content (AvgIpc) is 2.56. The molecule has 126 valence electrons. The smallest absolute Gasteiger partial charge is 0.233 e. The maximum absolute atomic E-state index is 11.8. The molecule has 2 rings (SSSR count). The molecule has 6 nitrogen and oxygen atoms in total. The molecule has 0 aliphatic heterocycles. The van der Waals surface area contributed by atoms with E-state index in [0.717, 1.165) is 11.3 Å². The van der Waals surface area contributed by atoms with Crippen LogP contribution in [0.1, 0.15) is 12.0 Å². The molecule has 24 heavy (non-hydrogen) atoms. The normalized spacial score (nSPS) is 10.1. The van der Waals surface area contributed by atoms with Crippen LogP contribution in [0.2, 0.25) is 10.3 Å². The van der Waals surface area contributed by atoms with Crippen LogP contribution in [-0.4, -0.2) is 23.9 Å². The molecule has 2 amide bonds. The number of hydrogen-bond acceptors (Lipinski definition) is 4. The molecule has 0 unspecified atom stereocenters. The molecule has 8 heteroatoms. The predicted molar refractivity (Wildman–Crippen MR) is 92.3 cm³/mol. The number of nitrogens with one attached hydrogen (secondary N) is 2. The van der Waals surface area contributed by atoms with Crippen molar-refractivity contribution in [3.8, 4) is 5.75 Å². The average molecular weight is 368 g/mol. The number of nitrogens with zero attached hydrogens (tertiary/aromatic N) is 1. The molecule has 0 saturated heterocycles. The number of methoxy groups -OCH3 is 1. The summed E-state index contributed by atoms with van der Waals surface area (Å²) in [5.41, 5.74) is 1.20. The highest BCUT2D eigenvalue weighted by molar-refractivity contribution is 6.34. The van der Waals surface area contributed by atoms with Crippen molar-refractivity contribution in [3.63, 3.8) is 0 Å². The zero-order chi connectivity index (χ0) is 17.5. The molecular weight excluding hydrogens is 353 g/mol. The van der Waals surface area contributed by atoms with Crippen LogP contribution in [0.25, 0.3) is 0 Å². The molecule has 1 aromatic heterocycles. The van der Waals surface area contributed by atoms with Gasteiger partial charge in [0.1, 0.15) is 17.3 Å². The number of ether oxygens (including phenoxy) is 1. The van der Waals surface area contributed by atoms with E-state index in [9.17, 15) is 9.59 Å². The van der Waals surface area contributed by atoms with Crippen molar-refractivity contribution >= 4 is 40.7 Å². The third-order valence-corrected chi connectivity index (χ3v) is 3.56. The molecular formula is C16H15Cl2N3O3. The maximum Gasteiger partial charge on any atom is 0.233 e. The van der Waals surface area contributed by atoms with Crippen LogP contribution in [0.15, 0.2) is 36.4 Å². The van der Waals surface area contributed by atoms with Gasteiger partial charge in [-0.15, -0.1) is 0 Å². The van der Waals surface area contributed by atoms with Crippen molar-refractivity contribution in [1.82, 2.24) is 10.3 Å². The maximum atomic E-state index is 11.8. The zero-order valence-corrected chi connectivity index (χ0v) is 14.3. The van der Waals surface area contributed by atoms with E-state index in [2.05, 4.69) is 15.6 Å². The minimum absolute atomic E-state index is 0.0643. The number of hydrogen-bond donors (Lipinski definition) is 2. The van der Waals surface area contributed by atoms with E-state index in [1.807, 2.05) is 12.1 Å².